The van der Waals surface area contributed by atoms with E-state index in [9.17, 15) is 0 Å². The fraction of sp³-hybridized carbons (Fsp3) is 0.118. The van der Waals surface area contributed by atoms with Crippen molar-refractivity contribution in [1.29, 1.82) is 0 Å². The van der Waals surface area contributed by atoms with Crippen molar-refractivity contribution < 1.29 is 0 Å². The fourth-order valence-electron chi connectivity index (χ4n) is 2.40. The van der Waals surface area contributed by atoms with Gasteiger partial charge in [0.15, 0.2) is 0 Å². The molecule has 0 fully saturated rings. The van der Waals surface area contributed by atoms with E-state index in [1.807, 2.05) is 65.3 Å². The average molecular weight is 298 g/mol. The third kappa shape index (κ3) is 3.15. The highest BCUT2D eigenvalue weighted by atomic mass is 35.5. The molecular weight excluding hydrogens is 282 g/mol. The van der Waals surface area contributed by atoms with Crippen molar-refractivity contribution in [3.63, 3.8) is 0 Å². The highest BCUT2D eigenvalue weighted by Gasteiger charge is 2.13. The van der Waals surface area contributed by atoms with Crippen molar-refractivity contribution in [1.82, 2.24) is 9.78 Å². The Kier molecular flexibility index (Phi) is 4.04. The first-order valence-corrected chi connectivity index (χ1v) is 7.21. The summed E-state index contributed by atoms with van der Waals surface area (Å²) >= 11 is 6.02. The van der Waals surface area contributed by atoms with Gasteiger partial charge in [0.1, 0.15) is 0 Å². The van der Waals surface area contributed by atoms with Crippen molar-refractivity contribution in [3.8, 4) is 5.69 Å². The predicted molar refractivity (Wildman–Crippen MR) is 85.6 cm³/mol. The van der Waals surface area contributed by atoms with E-state index in [0.717, 1.165) is 28.4 Å². The van der Waals surface area contributed by atoms with Gasteiger partial charge in [-0.1, -0.05) is 41.9 Å². The van der Waals surface area contributed by atoms with Crippen LogP contribution in [-0.2, 0) is 6.42 Å². The van der Waals surface area contributed by atoms with Crippen molar-refractivity contribution in [2.24, 2.45) is 5.73 Å². The molecule has 0 radical (unpaired) electrons. The Bertz CT molecular complexity index is 722. The van der Waals surface area contributed by atoms with Crippen LogP contribution in [0.2, 0.25) is 5.02 Å². The Morgan fingerprint density at radius 1 is 1.05 bits per heavy atom. The van der Waals surface area contributed by atoms with E-state index in [0.29, 0.717) is 0 Å². The molecule has 0 amide bonds. The lowest BCUT2D eigenvalue weighted by Gasteiger charge is -2.14. The number of benzene rings is 2. The summed E-state index contributed by atoms with van der Waals surface area (Å²) in [5.74, 6) is 0. The molecule has 2 aromatic carbocycles. The van der Waals surface area contributed by atoms with Gasteiger partial charge >= 0.3 is 0 Å². The van der Waals surface area contributed by atoms with Crippen molar-refractivity contribution in [3.05, 3.63) is 83.1 Å². The van der Waals surface area contributed by atoms with Gasteiger partial charge in [0.25, 0.3) is 0 Å². The second kappa shape index (κ2) is 6.12. The standard InChI is InChI=1S/C17H16ClN3/c18-14-6-4-5-13(11-14)12-16(19)17-9-10-20-21(17)15-7-2-1-3-8-15/h1-11,16H,12,19H2. The number of nitrogens with zero attached hydrogens (tertiary/aromatic N) is 2. The first-order valence-electron chi connectivity index (χ1n) is 6.83. The lowest BCUT2D eigenvalue weighted by Crippen LogP contribution is -2.17. The van der Waals surface area contributed by atoms with Crippen LogP contribution in [0.5, 0.6) is 0 Å². The first kappa shape index (κ1) is 13.9. The lowest BCUT2D eigenvalue weighted by atomic mass is 10.0. The maximum atomic E-state index is 6.36. The van der Waals surface area contributed by atoms with E-state index < -0.39 is 0 Å². The first-order chi connectivity index (χ1) is 10.2. The van der Waals surface area contributed by atoms with Crippen molar-refractivity contribution in [2.75, 3.05) is 0 Å². The van der Waals surface area contributed by atoms with Gasteiger partial charge in [-0.15, -0.1) is 0 Å². The lowest BCUT2D eigenvalue weighted by molar-refractivity contribution is 0.654. The maximum absolute atomic E-state index is 6.36. The van der Waals surface area contributed by atoms with Crippen molar-refractivity contribution in [2.45, 2.75) is 12.5 Å². The molecule has 1 atom stereocenters. The normalized spacial score (nSPS) is 12.3. The van der Waals surface area contributed by atoms with Gasteiger partial charge in [-0.05, 0) is 42.3 Å². The van der Waals surface area contributed by atoms with Gasteiger partial charge in [0, 0.05) is 11.2 Å². The highest BCUT2D eigenvalue weighted by molar-refractivity contribution is 6.30. The molecule has 4 heteroatoms. The number of para-hydroxylation sites is 1. The van der Waals surface area contributed by atoms with Crippen LogP contribution >= 0.6 is 11.6 Å². The Morgan fingerprint density at radius 2 is 1.86 bits per heavy atom. The molecular formula is C17H16ClN3. The summed E-state index contributed by atoms with van der Waals surface area (Å²) in [6, 6.07) is 19.6. The molecule has 21 heavy (non-hydrogen) atoms. The molecule has 0 aliphatic heterocycles. The van der Waals surface area contributed by atoms with Gasteiger partial charge in [-0.25, -0.2) is 4.68 Å². The Morgan fingerprint density at radius 3 is 2.62 bits per heavy atom. The summed E-state index contributed by atoms with van der Waals surface area (Å²) < 4.78 is 1.88. The van der Waals surface area contributed by atoms with E-state index in [1.54, 1.807) is 6.20 Å². The van der Waals surface area contributed by atoms with Crippen LogP contribution in [0.25, 0.3) is 5.69 Å². The Balaban J connectivity index is 1.86. The van der Waals surface area contributed by atoms with Crippen LogP contribution in [-0.4, -0.2) is 9.78 Å². The molecule has 3 rings (SSSR count). The predicted octanol–water partition coefficient (Wildman–Crippen LogP) is 3.77. The summed E-state index contributed by atoms with van der Waals surface area (Å²) in [6.45, 7) is 0. The number of rotatable bonds is 4. The van der Waals surface area contributed by atoms with E-state index >= 15 is 0 Å². The summed E-state index contributed by atoms with van der Waals surface area (Å²) in [5.41, 5.74) is 9.48. The van der Waals surface area contributed by atoms with Crippen LogP contribution in [0.15, 0.2) is 66.9 Å². The van der Waals surface area contributed by atoms with E-state index in [4.69, 9.17) is 17.3 Å². The van der Waals surface area contributed by atoms with Crippen LogP contribution in [0.3, 0.4) is 0 Å². The van der Waals surface area contributed by atoms with Gasteiger partial charge in [0.2, 0.25) is 0 Å². The van der Waals surface area contributed by atoms with Crippen molar-refractivity contribution >= 4 is 11.6 Å². The number of hydrogen-bond acceptors (Lipinski definition) is 2. The quantitative estimate of drug-likeness (QED) is 0.796. The maximum Gasteiger partial charge on any atom is 0.0649 e. The zero-order chi connectivity index (χ0) is 14.7. The molecule has 1 heterocycles. The zero-order valence-corrected chi connectivity index (χ0v) is 12.2. The monoisotopic (exact) mass is 297 g/mol. The second-order valence-electron chi connectivity index (χ2n) is 4.94. The molecule has 1 aromatic heterocycles. The summed E-state index contributed by atoms with van der Waals surface area (Å²) in [7, 11) is 0. The molecule has 0 spiro atoms. The third-order valence-corrected chi connectivity index (χ3v) is 3.63. The smallest absolute Gasteiger partial charge is 0.0649 e. The third-order valence-electron chi connectivity index (χ3n) is 3.40. The number of halogens is 1. The van der Waals surface area contributed by atoms with Gasteiger partial charge in [0.05, 0.1) is 17.4 Å². The van der Waals surface area contributed by atoms with Crippen LogP contribution in [0.1, 0.15) is 17.3 Å². The number of hydrogen-bond donors (Lipinski definition) is 1. The van der Waals surface area contributed by atoms with E-state index in [2.05, 4.69) is 5.10 Å². The SMILES string of the molecule is NC(Cc1cccc(Cl)c1)c1ccnn1-c1ccccc1. The Labute approximate surface area is 129 Å². The number of aromatic nitrogens is 2. The van der Waals surface area contributed by atoms with Gasteiger partial charge in [-0.2, -0.15) is 5.10 Å². The highest BCUT2D eigenvalue weighted by Crippen LogP contribution is 2.20. The Hall–Kier alpha value is -2.10. The van der Waals surface area contributed by atoms with Gasteiger partial charge in [-0.3, -0.25) is 0 Å². The zero-order valence-electron chi connectivity index (χ0n) is 11.5. The summed E-state index contributed by atoms with van der Waals surface area (Å²) in [5, 5.41) is 5.11. The summed E-state index contributed by atoms with van der Waals surface area (Å²) in [4.78, 5) is 0. The van der Waals surface area contributed by atoms with E-state index in [-0.39, 0.29) is 6.04 Å². The molecule has 0 aliphatic rings. The molecule has 3 aromatic rings. The minimum absolute atomic E-state index is 0.133. The second-order valence-corrected chi connectivity index (χ2v) is 5.38. The molecule has 0 saturated heterocycles. The topological polar surface area (TPSA) is 43.8 Å². The van der Waals surface area contributed by atoms with Crippen LogP contribution in [0.4, 0.5) is 0 Å². The summed E-state index contributed by atoms with van der Waals surface area (Å²) in [6.07, 6.45) is 2.50. The average Bonchev–Trinajstić information content (AvgIpc) is 2.98. The van der Waals surface area contributed by atoms with Crippen LogP contribution < -0.4 is 5.73 Å². The van der Waals surface area contributed by atoms with Crippen LogP contribution in [0, 0.1) is 0 Å². The largest absolute Gasteiger partial charge is 0.322 e. The van der Waals surface area contributed by atoms with Gasteiger partial charge < -0.3 is 5.73 Å². The number of nitrogens with two attached hydrogens (primary N) is 1. The molecule has 3 nitrogen and oxygen atoms in total. The molecule has 0 bridgehead atoms. The fourth-order valence-corrected chi connectivity index (χ4v) is 2.61. The molecule has 0 aliphatic carbocycles. The molecule has 0 saturated carbocycles. The van der Waals surface area contributed by atoms with E-state index in [1.165, 1.54) is 0 Å². The molecule has 106 valence electrons. The molecule has 2 N–H and O–H groups in total. The minimum atomic E-state index is -0.133. The minimum Gasteiger partial charge on any atom is -0.322 e. The molecule has 1 unspecified atom stereocenters.